The summed E-state index contributed by atoms with van der Waals surface area (Å²) in [6.07, 6.45) is 5.71. The average molecular weight is 198 g/mol. The minimum Gasteiger partial charge on any atom is -0.368 e. The fraction of sp³-hybridized carbons (Fsp3) is 0.286. The van der Waals surface area contributed by atoms with Crippen molar-refractivity contribution in [3.8, 4) is 0 Å². The summed E-state index contributed by atoms with van der Waals surface area (Å²) >= 11 is 6.10. The zero-order valence-corrected chi connectivity index (χ0v) is 7.35. The molecule has 2 atom stereocenters. The number of halogens is 1. The predicted molar refractivity (Wildman–Crippen MR) is 45.4 cm³/mol. The van der Waals surface area contributed by atoms with E-state index in [4.69, 9.17) is 16.5 Å². The van der Waals surface area contributed by atoms with Gasteiger partial charge >= 0.3 is 0 Å². The van der Waals surface area contributed by atoms with Crippen LogP contribution in [0.2, 0.25) is 0 Å². The first-order valence-electron chi connectivity index (χ1n) is 3.90. The second-order valence-electron chi connectivity index (χ2n) is 3.02. The first-order chi connectivity index (χ1) is 6.28. The molecule has 0 amide bonds. The number of hydrogen-bond acceptors (Lipinski definition) is 4. The Balaban J connectivity index is 2.02. The highest BCUT2D eigenvalue weighted by atomic mass is 35.5. The molecule has 1 unspecified atom stereocenters. The van der Waals surface area contributed by atoms with Crippen LogP contribution in [0.15, 0.2) is 39.5 Å². The Morgan fingerprint density at radius 2 is 2.38 bits per heavy atom. The van der Waals surface area contributed by atoms with Crippen molar-refractivity contribution < 1.29 is 8.85 Å². The van der Waals surface area contributed by atoms with E-state index >= 15 is 0 Å². The van der Waals surface area contributed by atoms with E-state index in [9.17, 15) is 0 Å². The van der Waals surface area contributed by atoms with E-state index in [1.165, 1.54) is 0 Å². The van der Waals surface area contributed by atoms with Gasteiger partial charge in [0.15, 0.2) is 6.20 Å². The zero-order valence-electron chi connectivity index (χ0n) is 6.59. The summed E-state index contributed by atoms with van der Waals surface area (Å²) in [5, 5.41) is 11.1. The lowest BCUT2D eigenvalue weighted by Gasteiger charge is -2.14. The number of epoxide rings is 1. The smallest absolute Gasteiger partial charge is 0.300 e. The summed E-state index contributed by atoms with van der Waals surface area (Å²) in [5.74, 6) is 0.617. The first kappa shape index (κ1) is 7.37. The summed E-state index contributed by atoms with van der Waals surface area (Å²) in [6, 6.07) is 0. The lowest BCUT2D eigenvalue weighted by molar-refractivity contribution is -0.667. The van der Waals surface area contributed by atoms with Crippen molar-refractivity contribution in [1.29, 1.82) is 0 Å². The van der Waals surface area contributed by atoms with Crippen molar-refractivity contribution in [2.24, 2.45) is 15.5 Å². The van der Waals surface area contributed by atoms with Crippen LogP contribution in [-0.4, -0.2) is 22.7 Å². The van der Waals surface area contributed by atoms with Crippen molar-refractivity contribution in [3.63, 3.8) is 0 Å². The lowest BCUT2D eigenvalue weighted by Crippen LogP contribution is -2.32. The van der Waals surface area contributed by atoms with Gasteiger partial charge in [-0.1, -0.05) is 5.10 Å². The average Bonchev–Trinajstić information content (AvgIpc) is 2.87. The minimum absolute atomic E-state index is 0.183. The number of quaternary nitrogens is 1. The summed E-state index contributed by atoms with van der Waals surface area (Å²) in [6.45, 7) is 0.761. The fourth-order valence-electron chi connectivity index (χ4n) is 1.30. The number of hydrogen-bond donors (Lipinski definition) is 0. The maximum atomic E-state index is 6.10. The van der Waals surface area contributed by atoms with Crippen molar-refractivity contribution in [2.75, 3.05) is 6.61 Å². The van der Waals surface area contributed by atoms with Gasteiger partial charge in [0.1, 0.15) is 6.10 Å². The number of fused-ring (bicyclic) bond motifs is 1. The van der Waals surface area contributed by atoms with E-state index < -0.39 is 0 Å². The highest BCUT2D eigenvalue weighted by Gasteiger charge is 2.42. The largest absolute Gasteiger partial charge is 0.368 e. The summed E-state index contributed by atoms with van der Waals surface area (Å²) in [5.41, 5.74) is 1.04. The van der Waals surface area contributed by atoms with Crippen molar-refractivity contribution in [3.05, 3.63) is 23.9 Å². The molecule has 0 saturated carbocycles. The summed E-state index contributed by atoms with van der Waals surface area (Å²) in [4.78, 5) is 0. The Kier molecular flexibility index (Phi) is 1.28. The molecule has 3 aliphatic rings. The fourth-order valence-corrected chi connectivity index (χ4v) is 1.54. The molecule has 3 aliphatic heterocycles. The third kappa shape index (κ3) is 1.05. The number of ether oxygens (including phenoxy) is 1. The van der Waals surface area contributed by atoms with Gasteiger partial charge < -0.3 is 4.74 Å². The number of amidine groups is 1. The molecule has 0 radical (unpaired) electrons. The molecule has 66 valence electrons. The van der Waals surface area contributed by atoms with Crippen LogP contribution in [0.3, 0.4) is 0 Å². The highest BCUT2D eigenvalue weighted by Crippen LogP contribution is 2.32. The number of rotatable bonds is 1. The molecule has 3 heterocycles. The Hall–Kier alpha value is -1.04. The maximum Gasteiger partial charge on any atom is 0.300 e. The minimum atomic E-state index is -0.203. The van der Waals surface area contributed by atoms with Crippen LogP contribution in [0.1, 0.15) is 0 Å². The SMILES string of the molecule is Cl[N+]12C=C([C@@H]3CO3)C=CC1=NN=N2. The number of nitrogens with zero attached hydrogens (tertiary/aromatic N) is 4. The predicted octanol–water partition coefficient (Wildman–Crippen LogP) is 1.50. The third-order valence-electron chi connectivity index (χ3n) is 2.09. The monoisotopic (exact) mass is 197 g/mol. The standard InChI is InChI=1S/C7H6ClN4O/c8-12-3-5(6-4-13-6)1-2-7(12)9-10-11-12/h1-3,6H,4H2/q+1/t6-,12?/m0/s1. The second kappa shape index (κ2) is 2.25. The van der Waals surface area contributed by atoms with Gasteiger partial charge in [0.2, 0.25) is 11.8 Å². The van der Waals surface area contributed by atoms with Crippen LogP contribution in [0.25, 0.3) is 0 Å². The van der Waals surface area contributed by atoms with Crippen LogP contribution in [0.4, 0.5) is 0 Å². The van der Waals surface area contributed by atoms with Crippen LogP contribution in [0.5, 0.6) is 0 Å². The molecule has 0 bridgehead atoms. The maximum absolute atomic E-state index is 6.10. The van der Waals surface area contributed by atoms with Crippen LogP contribution >= 0.6 is 11.8 Å². The van der Waals surface area contributed by atoms with E-state index in [-0.39, 0.29) is 10.2 Å². The van der Waals surface area contributed by atoms with Crippen molar-refractivity contribution in [2.45, 2.75) is 6.10 Å². The molecule has 1 fully saturated rings. The molecule has 0 spiro atoms. The van der Waals surface area contributed by atoms with E-state index in [0.29, 0.717) is 5.84 Å². The van der Waals surface area contributed by atoms with Gasteiger partial charge in [0.05, 0.1) is 11.8 Å². The Labute approximate surface area is 79.3 Å². The summed E-state index contributed by atoms with van der Waals surface area (Å²) < 4.78 is 4.94. The third-order valence-corrected chi connectivity index (χ3v) is 2.43. The zero-order chi connectivity index (χ0) is 8.89. The molecule has 0 N–H and O–H groups in total. The summed E-state index contributed by atoms with van der Waals surface area (Å²) in [7, 11) is 0. The van der Waals surface area contributed by atoms with Gasteiger partial charge in [-0.15, -0.1) is 0 Å². The molecule has 13 heavy (non-hydrogen) atoms. The molecular weight excluding hydrogens is 192 g/mol. The van der Waals surface area contributed by atoms with Gasteiger partial charge in [0, 0.05) is 16.9 Å². The molecule has 6 heteroatoms. The molecule has 5 nitrogen and oxygen atoms in total. The molecule has 0 aromatic heterocycles. The van der Waals surface area contributed by atoms with Crippen LogP contribution in [0, 0.1) is 0 Å². The van der Waals surface area contributed by atoms with E-state index in [1.54, 1.807) is 6.20 Å². The van der Waals surface area contributed by atoms with Gasteiger partial charge in [-0.3, -0.25) is 0 Å². The van der Waals surface area contributed by atoms with Crippen molar-refractivity contribution >= 4 is 17.6 Å². The quantitative estimate of drug-likeness (QED) is 0.464. The van der Waals surface area contributed by atoms with E-state index in [0.717, 1.165) is 12.2 Å². The Morgan fingerprint density at radius 3 is 3.15 bits per heavy atom. The van der Waals surface area contributed by atoms with Gasteiger partial charge in [0.25, 0.3) is 5.84 Å². The molecule has 0 aromatic rings. The molecule has 0 aromatic carbocycles. The topological polar surface area (TPSA) is 49.6 Å². The van der Waals surface area contributed by atoms with Gasteiger partial charge in [-0.05, 0) is 10.2 Å². The molecular formula is C7H6ClN4O+. The van der Waals surface area contributed by atoms with Crippen molar-refractivity contribution in [1.82, 2.24) is 0 Å². The van der Waals surface area contributed by atoms with Crippen LogP contribution < -0.4 is 0 Å². The Morgan fingerprint density at radius 1 is 1.54 bits per heavy atom. The lowest BCUT2D eigenvalue weighted by atomic mass is 10.1. The van der Waals surface area contributed by atoms with Gasteiger partial charge in [-0.25, -0.2) is 0 Å². The first-order valence-corrected chi connectivity index (χ1v) is 4.23. The highest BCUT2D eigenvalue weighted by molar-refractivity contribution is 6.15. The molecule has 3 rings (SSSR count). The normalized spacial score (nSPS) is 39.9. The van der Waals surface area contributed by atoms with Crippen LogP contribution in [-0.2, 0) is 4.74 Å². The Bertz CT molecular complexity index is 382. The van der Waals surface area contributed by atoms with E-state index in [1.807, 2.05) is 12.2 Å². The molecule has 0 aliphatic carbocycles. The van der Waals surface area contributed by atoms with E-state index in [2.05, 4.69) is 15.5 Å². The van der Waals surface area contributed by atoms with Gasteiger partial charge in [-0.2, -0.15) is 0 Å². The molecule has 1 saturated heterocycles. The second-order valence-corrected chi connectivity index (χ2v) is 3.54.